The molecule has 0 aliphatic rings. The zero-order chi connectivity index (χ0) is 19.9. The van der Waals surface area contributed by atoms with Crippen LogP contribution in [0.2, 0.25) is 5.02 Å². The normalized spacial score (nSPS) is 11.8. The van der Waals surface area contributed by atoms with Crippen molar-refractivity contribution in [1.82, 2.24) is 10.1 Å². The predicted molar refractivity (Wildman–Crippen MR) is 112 cm³/mol. The fourth-order valence-electron chi connectivity index (χ4n) is 2.92. The molecule has 0 spiro atoms. The van der Waals surface area contributed by atoms with Crippen LogP contribution in [-0.4, -0.2) is 36.3 Å². The molecule has 0 saturated carbocycles. The molecular formula is C22H22ClN3O2. The number of likely N-dealkylation sites (N-methyl/N-ethyl adjacent to an activating group) is 1. The molecule has 3 rings (SSSR count). The summed E-state index contributed by atoms with van der Waals surface area (Å²) in [5, 5.41) is 14.9. The molecule has 1 aromatic heterocycles. The van der Waals surface area contributed by atoms with Gasteiger partial charge in [0.2, 0.25) is 0 Å². The van der Waals surface area contributed by atoms with E-state index >= 15 is 0 Å². The molecule has 0 saturated heterocycles. The first-order valence-corrected chi connectivity index (χ1v) is 9.64. The lowest BCUT2D eigenvalue weighted by Crippen LogP contribution is -2.27. The van der Waals surface area contributed by atoms with Gasteiger partial charge in [-0.2, -0.15) is 5.26 Å². The second kappa shape index (κ2) is 9.41. The van der Waals surface area contributed by atoms with Crippen molar-refractivity contribution in [2.75, 3.05) is 26.2 Å². The quantitative estimate of drug-likeness (QED) is 0.486. The maximum absolute atomic E-state index is 9.60. The highest BCUT2D eigenvalue weighted by atomic mass is 35.5. The van der Waals surface area contributed by atoms with Crippen LogP contribution in [0.25, 0.3) is 22.6 Å². The van der Waals surface area contributed by atoms with E-state index in [-0.39, 0.29) is 0 Å². The molecule has 0 N–H and O–H groups in total. The Morgan fingerprint density at radius 3 is 2.64 bits per heavy atom. The van der Waals surface area contributed by atoms with Gasteiger partial charge in [-0.15, -0.1) is 0 Å². The molecule has 144 valence electrons. The van der Waals surface area contributed by atoms with Gasteiger partial charge in [0.25, 0.3) is 0 Å². The summed E-state index contributed by atoms with van der Waals surface area (Å²) in [5.41, 5.74) is 2.37. The predicted octanol–water partition coefficient (Wildman–Crippen LogP) is 5.27. The highest BCUT2D eigenvalue weighted by molar-refractivity contribution is 6.31. The Morgan fingerprint density at radius 1 is 1.21 bits per heavy atom. The number of nitrogens with zero attached hydrogens (tertiary/aromatic N) is 3. The van der Waals surface area contributed by atoms with Crippen LogP contribution >= 0.6 is 11.6 Å². The number of aromatic nitrogens is 1. The van der Waals surface area contributed by atoms with Crippen LogP contribution in [0.15, 0.2) is 47.0 Å². The van der Waals surface area contributed by atoms with Crippen molar-refractivity contribution in [3.8, 4) is 11.8 Å². The van der Waals surface area contributed by atoms with Crippen molar-refractivity contribution < 1.29 is 9.26 Å². The van der Waals surface area contributed by atoms with Gasteiger partial charge in [0, 0.05) is 11.6 Å². The SMILES string of the molecule is CCN(CC)CCOc1ccc(/C=C(\C#N)c2noc3ccc(Cl)cc23)cc1. The van der Waals surface area contributed by atoms with Crippen LogP contribution in [0, 0.1) is 11.3 Å². The van der Waals surface area contributed by atoms with E-state index in [4.69, 9.17) is 20.9 Å². The number of hydrogen-bond acceptors (Lipinski definition) is 5. The first kappa shape index (κ1) is 19.9. The van der Waals surface area contributed by atoms with Crippen LogP contribution in [-0.2, 0) is 0 Å². The zero-order valence-corrected chi connectivity index (χ0v) is 16.7. The minimum absolute atomic E-state index is 0.413. The van der Waals surface area contributed by atoms with Gasteiger partial charge in [0.15, 0.2) is 5.58 Å². The summed E-state index contributed by atoms with van der Waals surface area (Å²) in [5.74, 6) is 0.807. The molecule has 0 atom stereocenters. The average Bonchev–Trinajstić information content (AvgIpc) is 3.13. The molecule has 0 fully saturated rings. The minimum atomic E-state index is 0.413. The number of allylic oxidation sites excluding steroid dienone is 1. The Kier molecular flexibility index (Phi) is 6.70. The molecule has 0 bridgehead atoms. The Hall–Kier alpha value is -2.81. The molecule has 0 aliphatic carbocycles. The molecule has 3 aromatic rings. The fourth-order valence-corrected chi connectivity index (χ4v) is 3.09. The third-order valence-electron chi connectivity index (χ3n) is 4.57. The van der Waals surface area contributed by atoms with E-state index in [0.717, 1.165) is 36.3 Å². The van der Waals surface area contributed by atoms with Crippen molar-refractivity contribution in [3.05, 3.63) is 58.7 Å². The topological polar surface area (TPSA) is 62.3 Å². The van der Waals surface area contributed by atoms with Gasteiger partial charge in [0.05, 0.1) is 11.0 Å². The molecule has 6 heteroatoms. The third kappa shape index (κ3) is 4.72. The van der Waals surface area contributed by atoms with Crippen LogP contribution in [0.5, 0.6) is 5.75 Å². The summed E-state index contributed by atoms with van der Waals surface area (Å²) in [6, 6.07) is 15.1. The van der Waals surface area contributed by atoms with Gasteiger partial charge < -0.3 is 14.2 Å². The molecule has 0 radical (unpaired) electrons. The maximum Gasteiger partial charge on any atom is 0.167 e. The standard InChI is InChI=1S/C22H22ClN3O2/c1-3-26(4-2)11-12-27-19-8-5-16(6-9-19)13-17(15-24)22-20-14-18(23)7-10-21(20)28-25-22/h5-10,13-14H,3-4,11-12H2,1-2H3/b17-13+. The van der Waals surface area contributed by atoms with E-state index in [2.05, 4.69) is 30.0 Å². The lowest BCUT2D eigenvalue weighted by Gasteiger charge is -2.17. The van der Waals surface area contributed by atoms with E-state index in [9.17, 15) is 5.26 Å². The first-order chi connectivity index (χ1) is 13.6. The third-order valence-corrected chi connectivity index (χ3v) is 4.80. The summed E-state index contributed by atoms with van der Waals surface area (Å²) >= 11 is 6.06. The number of nitriles is 1. The van der Waals surface area contributed by atoms with Gasteiger partial charge in [-0.1, -0.05) is 42.7 Å². The van der Waals surface area contributed by atoms with E-state index < -0.39 is 0 Å². The van der Waals surface area contributed by atoms with Gasteiger partial charge in [0.1, 0.15) is 24.1 Å². The molecule has 0 unspecified atom stereocenters. The smallest absolute Gasteiger partial charge is 0.167 e. The van der Waals surface area contributed by atoms with Crippen molar-refractivity contribution in [2.45, 2.75) is 13.8 Å². The molecule has 0 amide bonds. The minimum Gasteiger partial charge on any atom is -0.492 e. The van der Waals surface area contributed by atoms with Crippen LogP contribution in [0.4, 0.5) is 0 Å². The molecular weight excluding hydrogens is 374 g/mol. The highest BCUT2D eigenvalue weighted by Gasteiger charge is 2.13. The summed E-state index contributed by atoms with van der Waals surface area (Å²) < 4.78 is 11.1. The average molecular weight is 396 g/mol. The fraction of sp³-hybridized carbons (Fsp3) is 0.273. The van der Waals surface area contributed by atoms with E-state index in [0.29, 0.717) is 28.5 Å². The number of benzene rings is 2. The van der Waals surface area contributed by atoms with Crippen molar-refractivity contribution in [1.29, 1.82) is 5.26 Å². The van der Waals surface area contributed by atoms with Crippen molar-refractivity contribution in [2.24, 2.45) is 0 Å². The molecule has 2 aromatic carbocycles. The van der Waals surface area contributed by atoms with E-state index in [1.54, 1.807) is 24.3 Å². The van der Waals surface area contributed by atoms with E-state index in [1.807, 2.05) is 24.3 Å². The van der Waals surface area contributed by atoms with Crippen LogP contribution in [0.1, 0.15) is 25.1 Å². The molecule has 1 heterocycles. The summed E-state index contributed by atoms with van der Waals surface area (Å²) in [4.78, 5) is 2.31. The zero-order valence-electron chi connectivity index (χ0n) is 16.0. The first-order valence-electron chi connectivity index (χ1n) is 9.27. The monoisotopic (exact) mass is 395 g/mol. The number of hydrogen-bond donors (Lipinski definition) is 0. The Balaban J connectivity index is 1.74. The second-order valence-corrected chi connectivity index (χ2v) is 6.72. The lowest BCUT2D eigenvalue weighted by atomic mass is 10.1. The van der Waals surface area contributed by atoms with Crippen molar-refractivity contribution in [3.63, 3.8) is 0 Å². The number of fused-ring (bicyclic) bond motifs is 1. The van der Waals surface area contributed by atoms with Gasteiger partial charge in [-0.25, -0.2) is 0 Å². The highest BCUT2D eigenvalue weighted by Crippen LogP contribution is 2.28. The Labute approximate surface area is 169 Å². The van der Waals surface area contributed by atoms with Crippen LogP contribution < -0.4 is 4.74 Å². The maximum atomic E-state index is 9.60. The number of rotatable bonds is 8. The molecule has 28 heavy (non-hydrogen) atoms. The van der Waals surface area contributed by atoms with Crippen LogP contribution in [0.3, 0.4) is 0 Å². The van der Waals surface area contributed by atoms with Crippen molar-refractivity contribution >= 4 is 34.2 Å². The second-order valence-electron chi connectivity index (χ2n) is 6.29. The van der Waals surface area contributed by atoms with E-state index in [1.165, 1.54) is 0 Å². The van der Waals surface area contributed by atoms with Gasteiger partial charge >= 0.3 is 0 Å². The molecule has 5 nitrogen and oxygen atoms in total. The summed E-state index contributed by atoms with van der Waals surface area (Å²) in [7, 11) is 0. The molecule has 0 aliphatic heterocycles. The largest absolute Gasteiger partial charge is 0.492 e. The summed E-state index contributed by atoms with van der Waals surface area (Å²) in [6.07, 6.45) is 1.78. The Bertz CT molecular complexity index is 999. The van der Waals surface area contributed by atoms with Gasteiger partial charge in [-0.05, 0) is 55.1 Å². The Morgan fingerprint density at radius 2 is 1.96 bits per heavy atom. The number of halogens is 1. The summed E-state index contributed by atoms with van der Waals surface area (Å²) in [6.45, 7) is 7.86. The number of ether oxygens (including phenoxy) is 1. The van der Waals surface area contributed by atoms with Gasteiger partial charge in [-0.3, -0.25) is 0 Å². The lowest BCUT2D eigenvalue weighted by molar-refractivity contribution is 0.223.